The van der Waals surface area contributed by atoms with Crippen molar-refractivity contribution in [3.8, 4) is 0 Å². The van der Waals surface area contributed by atoms with Crippen molar-refractivity contribution in [2.45, 2.75) is 31.9 Å². The van der Waals surface area contributed by atoms with E-state index in [1.54, 1.807) is 16.9 Å². The van der Waals surface area contributed by atoms with E-state index in [2.05, 4.69) is 4.98 Å². The van der Waals surface area contributed by atoms with Gasteiger partial charge in [-0.2, -0.15) is 0 Å². The summed E-state index contributed by atoms with van der Waals surface area (Å²) in [5.41, 5.74) is 0.969. The average Bonchev–Trinajstić information content (AvgIpc) is 2.73. The second kappa shape index (κ2) is 5.21. The molecule has 0 spiro atoms. The quantitative estimate of drug-likeness (QED) is 0.872. The first-order chi connectivity index (χ1) is 8.80. The number of nitrogens with zero attached hydrogens (tertiary/aromatic N) is 2. The number of hydrogen-bond acceptors (Lipinski definition) is 2. The minimum absolute atomic E-state index is 0.0752. The zero-order valence-electron chi connectivity index (χ0n) is 11.1. The molecule has 2 rings (SSSR count). The summed E-state index contributed by atoms with van der Waals surface area (Å²) < 4.78 is 27.3. The van der Waals surface area contributed by atoms with Crippen LogP contribution in [0.15, 0.2) is 18.6 Å². The lowest BCUT2D eigenvalue weighted by Crippen LogP contribution is -2.24. The first-order valence-corrected chi connectivity index (χ1v) is 7.68. The van der Waals surface area contributed by atoms with Crippen LogP contribution in [0.5, 0.6) is 0 Å². The van der Waals surface area contributed by atoms with Crippen molar-refractivity contribution in [2.75, 3.05) is 5.75 Å². The van der Waals surface area contributed by atoms with Crippen LogP contribution in [-0.4, -0.2) is 24.1 Å². The van der Waals surface area contributed by atoms with E-state index in [1.165, 1.54) is 6.07 Å². The minimum atomic E-state index is -0.982. The Hall–Kier alpha value is -0.940. The van der Waals surface area contributed by atoms with Gasteiger partial charge in [0.25, 0.3) is 0 Å². The fraction of sp³-hybridized carbons (Fsp3) is 0.462. The molecule has 0 aliphatic carbocycles. The van der Waals surface area contributed by atoms with Gasteiger partial charge in [0.15, 0.2) is 5.82 Å². The highest BCUT2D eigenvalue weighted by Crippen LogP contribution is 2.22. The number of fused-ring (bicyclic) bond motifs is 1. The van der Waals surface area contributed by atoms with Crippen LogP contribution in [0.2, 0.25) is 5.02 Å². The molecule has 1 unspecified atom stereocenters. The molecule has 0 fully saturated rings. The Balaban J connectivity index is 2.27. The highest BCUT2D eigenvalue weighted by Gasteiger charge is 2.20. The lowest BCUT2D eigenvalue weighted by Gasteiger charge is -2.17. The first-order valence-electron chi connectivity index (χ1n) is 5.98. The molecule has 0 bridgehead atoms. The number of imidazole rings is 1. The van der Waals surface area contributed by atoms with E-state index >= 15 is 0 Å². The number of pyridine rings is 1. The van der Waals surface area contributed by atoms with Crippen LogP contribution >= 0.6 is 11.6 Å². The molecule has 0 amide bonds. The van der Waals surface area contributed by atoms with Gasteiger partial charge >= 0.3 is 0 Å². The Morgan fingerprint density at radius 1 is 1.47 bits per heavy atom. The van der Waals surface area contributed by atoms with E-state index < -0.39 is 16.6 Å². The summed E-state index contributed by atoms with van der Waals surface area (Å²) in [5.74, 6) is -0.0134. The van der Waals surface area contributed by atoms with Crippen LogP contribution in [0.3, 0.4) is 0 Å². The fourth-order valence-corrected chi connectivity index (χ4v) is 2.90. The summed E-state index contributed by atoms with van der Waals surface area (Å²) in [6, 6.07) is 1.49. The largest absolute Gasteiger partial charge is 0.303 e. The van der Waals surface area contributed by atoms with Gasteiger partial charge in [0.1, 0.15) is 5.52 Å². The van der Waals surface area contributed by atoms with Gasteiger partial charge in [-0.1, -0.05) is 11.6 Å². The van der Waals surface area contributed by atoms with Crippen LogP contribution in [0, 0.1) is 5.82 Å². The summed E-state index contributed by atoms with van der Waals surface area (Å²) >= 11 is 5.78. The van der Waals surface area contributed by atoms with Crippen molar-refractivity contribution in [1.82, 2.24) is 9.38 Å². The molecule has 2 aromatic rings. The van der Waals surface area contributed by atoms with Gasteiger partial charge in [-0.15, -0.1) is 0 Å². The Bertz CT molecular complexity index is 633. The Kier molecular flexibility index (Phi) is 3.97. The summed E-state index contributed by atoms with van der Waals surface area (Å²) in [6.07, 6.45) is 3.68. The molecule has 104 valence electrons. The Morgan fingerprint density at radius 3 is 2.79 bits per heavy atom. The van der Waals surface area contributed by atoms with E-state index in [9.17, 15) is 8.60 Å². The summed E-state index contributed by atoms with van der Waals surface area (Å²) in [6.45, 7) is 5.77. The number of halogens is 2. The third-order valence-corrected chi connectivity index (χ3v) is 5.11. The van der Waals surface area contributed by atoms with Gasteiger partial charge in [-0.3, -0.25) is 4.21 Å². The molecule has 1 atom stereocenters. The SMILES string of the molecule is CC(C)(C)S(=O)CCc1ncn2ccc(Cl)c(F)c12. The molecule has 2 aromatic heterocycles. The minimum Gasteiger partial charge on any atom is -0.303 e. The topological polar surface area (TPSA) is 34.4 Å². The fourth-order valence-electron chi connectivity index (χ4n) is 1.76. The van der Waals surface area contributed by atoms with Gasteiger partial charge in [-0.05, 0) is 26.8 Å². The van der Waals surface area contributed by atoms with Gasteiger partial charge < -0.3 is 4.40 Å². The number of rotatable bonds is 3. The number of aryl methyl sites for hydroxylation is 1. The predicted octanol–water partition coefficient (Wildman–Crippen LogP) is 3.22. The zero-order valence-corrected chi connectivity index (χ0v) is 12.7. The van der Waals surface area contributed by atoms with E-state index in [0.717, 1.165) is 0 Å². The van der Waals surface area contributed by atoms with Gasteiger partial charge in [0.2, 0.25) is 0 Å². The maximum Gasteiger partial charge on any atom is 0.167 e. The van der Waals surface area contributed by atoms with E-state index in [1.807, 2.05) is 20.8 Å². The molecule has 0 aromatic carbocycles. The molecule has 0 N–H and O–H groups in total. The van der Waals surface area contributed by atoms with Crippen LogP contribution < -0.4 is 0 Å². The average molecular weight is 303 g/mol. The first kappa shape index (κ1) is 14.5. The smallest absolute Gasteiger partial charge is 0.167 e. The number of hydrogen-bond donors (Lipinski definition) is 0. The molecule has 3 nitrogen and oxygen atoms in total. The van der Waals surface area contributed by atoms with Crippen LogP contribution in [0.25, 0.3) is 5.52 Å². The lowest BCUT2D eigenvalue weighted by molar-refractivity contribution is 0.632. The van der Waals surface area contributed by atoms with Crippen molar-refractivity contribution >= 4 is 27.9 Å². The molecular formula is C13H16ClFN2OS. The normalized spacial score (nSPS) is 13.9. The summed E-state index contributed by atoms with van der Waals surface area (Å²) in [5, 5.41) is 0.0752. The Labute approximate surface area is 119 Å². The van der Waals surface area contributed by atoms with Gasteiger partial charge in [0, 0.05) is 33.9 Å². The third-order valence-electron chi connectivity index (χ3n) is 2.88. The summed E-state index contributed by atoms with van der Waals surface area (Å²) in [4.78, 5) is 4.18. The summed E-state index contributed by atoms with van der Waals surface area (Å²) in [7, 11) is -0.982. The predicted molar refractivity (Wildman–Crippen MR) is 76.6 cm³/mol. The molecule has 0 radical (unpaired) electrons. The molecular weight excluding hydrogens is 287 g/mol. The zero-order chi connectivity index (χ0) is 14.2. The molecule has 0 saturated carbocycles. The molecule has 0 saturated heterocycles. The maximum atomic E-state index is 14.0. The van der Waals surface area contributed by atoms with E-state index in [4.69, 9.17) is 11.6 Å². The highest BCUT2D eigenvalue weighted by molar-refractivity contribution is 7.86. The Morgan fingerprint density at radius 2 is 2.16 bits per heavy atom. The maximum absolute atomic E-state index is 14.0. The molecule has 6 heteroatoms. The third kappa shape index (κ3) is 2.98. The number of aromatic nitrogens is 2. The van der Waals surface area contributed by atoms with E-state index in [0.29, 0.717) is 23.4 Å². The van der Waals surface area contributed by atoms with Crippen molar-refractivity contribution in [3.63, 3.8) is 0 Å². The second-order valence-electron chi connectivity index (χ2n) is 5.34. The lowest BCUT2D eigenvalue weighted by atomic mass is 10.2. The van der Waals surface area contributed by atoms with Crippen molar-refractivity contribution < 1.29 is 8.60 Å². The molecule has 19 heavy (non-hydrogen) atoms. The van der Waals surface area contributed by atoms with Crippen LogP contribution in [-0.2, 0) is 17.2 Å². The highest BCUT2D eigenvalue weighted by atomic mass is 35.5. The standard InChI is InChI=1S/C13H16ClFN2OS/c1-13(2,3)19(18)7-5-10-12-11(15)9(14)4-6-17(12)8-16-10/h4,6,8H,5,7H2,1-3H3. The monoisotopic (exact) mass is 302 g/mol. The molecule has 0 aliphatic heterocycles. The van der Waals surface area contributed by atoms with Crippen molar-refractivity contribution in [3.05, 3.63) is 35.1 Å². The van der Waals surface area contributed by atoms with E-state index in [-0.39, 0.29) is 9.77 Å². The van der Waals surface area contributed by atoms with Gasteiger partial charge in [-0.25, -0.2) is 9.37 Å². The molecule has 2 heterocycles. The van der Waals surface area contributed by atoms with Crippen molar-refractivity contribution in [2.24, 2.45) is 0 Å². The van der Waals surface area contributed by atoms with Crippen LogP contribution in [0.1, 0.15) is 26.5 Å². The van der Waals surface area contributed by atoms with Gasteiger partial charge in [0.05, 0.1) is 17.0 Å². The van der Waals surface area contributed by atoms with Crippen molar-refractivity contribution in [1.29, 1.82) is 0 Å². The molecule has 0 aliphatic rings. The second-order valence-corrected chi connectivity index (χ2v) is 8.07. The van der Waals surface area contributed by atoms with Crippen LogP contribution in [0.4, 0.5) is 4.39 Å².